The van der Waals surface area contributed by atoms with E-state index in [0.29, 0.717) is 20.1 Å². The highest BCUT2D eigenvalue weighted by molar-refractivity contribution is 8.77. The highest BCUT2D eigenvalue weighted by Gasteiger charge is 2.21. The van der Waals surface area contributed by atoms with Gasteiger partial charge < -0.3 is 0 Å². The monoisotopic (exact) mass is 350 g/mol. The summed E-state index contributed by atoms with van der Waals surface area (Å²) in [5.74, 6) is 0. The Morgan fingerprint density at radius 2 is 1.25 bits per heavy atom. The SMILES string of the molecule is Cc1nc(SSc2nc(C)c([N+](=O)[O-])s2)sc1[N+](=O)[O-]. The lowest BCUT2D eigenvalue weighted by Crippen LogP contribution is -1.85. The largest absolute Gasteiger partial charge is 0.347 e. The van der Waals surface area contributed by atoms with E-state index in [1.54, 1.807) is 13.8 Å². The van der Waals surface area contributed by atoms with Crippen LogP contribution in [0.25, 0.3) is 0 Å². The third kappa shape index (κ3) is 3.26. The number of hydrogen-bond donors (Lipinski definition) is 0. The van der Waals surface area contributed by atoms with Gasteiger partial charge in [0.15, 0.2) is 8.68 Å². The highest BCUT2D eigenvalue weighted by atomic mass is 33.1. The minimum absolute atomic E-state index is 0.00870. The van der Waals surface area contributed by atoms with Gasteiger partial charge in [0.2, 0.25) is 0 Å². The fraction of sp³-hybridized carbons (Fsp3) is 0.250. The quantitative estimate of drug-likeness (QED) is 0.454. The maximum Gasteiger partial charge on any atom is 0.347 e. The van der Waals surface area contributed by atoms with Crippen molar-refractivity contribution in [3.63, 3.8) is 0 Å². The molecule has 0 unspecified atom stereocenters. The van der Waals surface area contributed by atoms with E-state index in [9.17, 15) is 20.2 Å². The summed E-state index contributed by atoms with van der Waals surface area (Å²) in [7, 11) is 2.41. The molecule has 0 fully saturated rings. The molecule has 20 heavy (non-hydrogen) atoms. The van der Waals surface area contributed by atoms with E-state index >= 15 is 0 Å². The van der Waals surface area contributed by atoms with Crippen LogP contribution in [0.5, 0.6) is 0 Å². The van der Waals surface area contributed by atoms with Gasteiger partial charge in [0, 0.05) is 0 Å². The van der Waals surface area contributed by atoms with Gasteiger partial charge in [-0.2, -0.15) is 0 Å². The molecule has 0 spiro atoms. The summed E-state index contributed by atoms with van der Waals surface area (Å²) < 4.78 is 1.05. The van der Waals surface area contributed by atoms with Crippen molar-refractivity contribution < 1.29 is 9.85 Å². The minimum atomic E-state index is -0.472. The third-order valence-corrected chi connectivity index (χ3v) is 7.21. The molecular formula is C8H6N4O4S4. The van der Waals surface area contributed by atoms with Crippen LogP contribution in [0.1, 0.15) is 11.4 Å². The van der Waals surface area contributed by atoms with Crippen molar-refractivity contribution in [2.75, 3.05) is 0 Å². The van der Waals surface area contributed by atoms with Gasteiger partial charge in [-0.05, 0) is 58.1 Å². The second-order valence-electron chi connectivity index (χ2n) is 3.42. The molecule has 12 heteroatoms. The molecule has 0 aliphatic rings. The van der Waals surface area contributed by atoms with Crippen LogP contribution in [0, 0.1) is 34.1 Å². The van der Waals surface area contributed by atoms with E-state index in [1.807, 2.05) is 0 Å². The Hall–Kier alpha value is -1.24. The number of aryl methyl sites for hydroxylation is 2. The third-order valence-electron chi connectivity index (χ3n) is 2.02. The Kier molecular flexibility index (Phi) is 4.57. The number of thiazole rings is 2. The molecule has 0 N–H and O–H groups in total. The van der Waals surface area contributed by atoms with Crippen LogP contribution in [-0.4, -0.2) is 19.8 Å². The second kappa shape index (κ2) is 6.03. The zero-order chi connectivity index (χ0) is 14.9. The number of rotatable bonds is 5. The molecule has 0 amide bonds. The molecule has 0 saturated heterocycles. The fourth-order valence-electron chi connectivity index (χ4n) is 1.21. The van der Waals surface area contributed by atoms with E-state index in [0.717, 1.165) is 22.7 Å². The molecule has 8 nitrogen and oxygen atoms in total. The number of hydrogen-bond acceptors (Lipinski definition) is 10. The zero-order valence-electron chi connectivity index (χ0n) is 10.1. The van der Waals surface area contributed by atoms with Crippen LogP contribution in [0.4, 0.5) is 10.0 Å². The van der Waals surface area contributed by atoms with Crippen LogP contribution < -0.4 is 0 Å². The summed E-state index contributed by atoms with van der Waals surface area (Å²) in [6.45, 7) is 3.14. The molecule has 106 valence electrons. The lowest BCUT2D eigenvalue weighted by Gasteiger charge is -1.89. The molecule has 0 atom stereocenters. The second-order valence-corrected chi connectivity index (χ2v) is 8.00. The van der Waals surface area contributed by atoms with Gasteiger partial charge in [0.25, 0.3) is 0 Å². The van der Waals surface area contributed by atoms with E-state index in [-0.39, 0.29) is 10.0 Å². The number of nitro groups is 2. The lowest BCUT2D eigenvalue weighted by atomic mass is 10.5. The van der Waals surface area contributed by atoms with Crippen molar-refractivity contribution >= 4 is 54.3 Å². The molecule has 0 aliphatic heterocycles. The van der Waals surface area contributed by atoms with Crippen LogP contribution in [0.2, 0.25) is 0 Å². The van der Waals surface area contributed by atoms with Gasteiger partial charge in [0.1, 0.15) is 11.4 Å². The first-order chi connectivity index (χ1) is 9.38. The first kappa shape index (κ1) is 15.2. The molecule has 0 bridgehead atoms. The molecule has 2 aromatic rings. The summed E-state index contributed by atoms with van der Waals surface area (Å²) in [4.78, 5) is 28.6. The number of nitrogens with zero attached hydrogens (tertiary/aromatic N) is 4. The summed E-state index contributed by atoms with van der Waals surface area (Å²) >= 11 is 1.96. The Labute approximate surface area is 128 Å². The van der Waals surface area contributed by atoms with E-state index in [1.165, 1.54) is 21.6 Å². The van der Waals surface area contributed by atoms with Crippen molar-refractivity contribution in [1.29, 1.82) is 0 Å². The number of aromatic nitrogens is 2. The molecule has 2 heterocycles. The zero-order valence-corrected chi connectivity index (χ0v) is 13.3. The lowest BCUT2D eigenvalue weighted by molar-refractivity contribution is -0.381. The molecule has 2 aromatic heterocycles. The average molecular weight is 350 g/mol. The van der Waals surface area contributed by atoms with Crippen molar-refractivity contribution in [1.82, 2.24) is 9.97 Å². The van der Waals surface area contributed by atoms with Crippen molar-refractivity contribution in [3.8, 4) is 0 Å². The normalized spacial score (nSPS) is 10.7. The Bertz CT molecular complexity index is 624. The smallest absolute Gasteiger partial charge is 0.257 e. The maximum atomic E-state index is 10.7. The van der Waals surface area contributed by atoms with Crippen molar-refractivity contribution in [2.45, 2.75) is 22.5 Å². The molecule has 0 aliphatic carbocycles. The van der Waals surface area contributed by atoms with Crippen LogP contribution in [0.15, 0.2) is 8.68 Å². The van der Waals surface area contributed by atoms with Gasteiger partial charge in [-0.3, -0.25) is 20.2 Å². The first-order valence-electron chi connectivity index (χ1n) is 4.96. The molecule has 0 saturated carbocycles. The topological polar surface area (TPSA) is 112 Å². The Morgan fingerprint density at radius 3 is 1.50 bits per heavy atom. The van der Waals surface area contributed by atoms with Crippen LogP contribution in [-0.2, 0) is 0 Å². The molecule has 0 radical (unpaired) electrons. The summed E-state index contributed by atoms with van der Waals surface area (Å²) in [5, 5.41) is 21.4. The fourth-order valence-corrected chi connectivity index (χ4v) is 5.55. The van der Waals surface area contributed by atoms with Crippen LogP contribution >= 0.6 is 44.3 Å². The van der Waals surface area contributed by atoms with Gasteiger partial charge in [-0.25, -0.2) is 9.97 Å². The maximum absolute atomic E-state index is 10.7. The molecular weight excluding hydrogens is 344 g/mol. The summed E-state index contributed by atoms with van der Waals surface area (Å²) in [6.07, 6.45) is 0. The van der Waals surface area contributed by atoms with Crippen molar-refractivity contribution in [3.05, 3.63) is 31.6 Å². The predicted molar refractivity (Wildman–Crippen MR) is 78.7 cm³/mol. The molecule has 0 aromatic carbocycles. The highest BCUT2D eigenvalue weighted by Crippen LogP contribution is 2.44. The van der Waals surface area contributed by atoms with Gasteiger partial charge in [0.05, 0.1) is 9.85 Å². The summed E-state index contributed by atoms with van der Waals surface area (Å²) in [5.41, 5.74) is 0.730. The van der Waals surface area contributed by atoms with Crippen LogP contribution in [0.3, 0.4) is 0 Å². The minimum Gasteiger partial charge on any atom is -0.257 e. The van der Waals surface area contributed by atoms with E-state index in [4.69, 9.17) is 0 Å². The summed E-state index contributed by atoms with van der Waals surface area (Å²) in [6, 6.07) is 0. The first-order valence-corrected chi connectivity index (χ1v) is 8.75. The van der Waals surface area contributed by atoms with Gasteiger partial charge in [-0.1, -0.05) is 0 Å². The van der Waals surface area contributed by atoms with Crippen molar-refractivity contribution in [2.24, 2.45) is 0 Å². The molecule has 2 rings (SSSR count). The van der Waals surface area contributed by atoms with Gasteiger partial charge >= 0.3 is 10.0 Å². The van der Waals surface area contributed by atoms with Gasteiger partial charge in [-0.15, -0.1) is 0 Å². The average Bonchev–Trinajstić information content (AvgIpc) is 2.90. The predicted octanol–water partition coefficient (Wildman–Crippen LogP) is 3.83. The Morgan fingerprint density at radius 1 is 0.900 bits per heavy atom. The van der Waals surface area contributed by atoms with E-state index < -0.39 is 9.85 Å². The van der Waals surface area contributed by atoms with E-state index in [2.05, 4.69) is 9.97 Å². The Balaban J connectivity index is 2.09. The standard InChI is InChI=1S/C8H6N4O4S4/c1-3-5(11(13)14)17-7(9-3)19-20-8-10-4(2)6(18-8)12(15)16/h1-2H3.